The van der Waals surface area contributed by atoms with Gasteiger partial charge in [0.1, 0.15) is 12.1 Å². The van der Waals surface area contributed by atoms with E-state index in [2.05, 4.69) is 94.2 Å². The Morgan fingerprint density at radius 2 is 0.696 bits per heavy atom. The van der Waals surface area contributed by atoms with Gasteiger partial charge in [-0.3, -0.25) is 0 Å². The van der Waals surface area contributed by atoms with Crippen molar-refractivity contribution in [3.05, 3.63) is 179 Å². The van der Waals surface area contributed by atoms with Gasteiger partial charge in [-0.2, -0.15) is 10.5 Å². The zero-order valence-electron chi connectivity index (χ0n) is 31.7. The van der Waals surface area contributed by atoms with Gasteiger partial charge in [0.05, 0.1) is 22.5 Å². The van der Waals surface area contributed by atoms with E-state index in [0.717, 1.165) is 82.1 Å². The lowest BCUT2D eigenvalue weighted by atomic mass is 9.96. The van der Waals surface area contributed by atoms with Crippen LogP contribution in [0.3, 0.4) is 0 Å². The highest BCUT2D eigenvalue weighted by Gasteiger charge is 2.20. The highest BCUT2D eigenvalue weighted by molar-refractivity contribution is 5.78. The zero-order valence-corrected chi connectivity index (χ0v) is 31.7. The van der Waals surface area contributed by atoms with Gasteiger partial charge >= 0.3 is 0 Å². The van der Waals surface area contributed by atoms with Crippen molar-refractivity contribution >= 4 is 11.4 Å². The maximum absolute atomic E-state index is 9.94. The van der Waals surface area contributed by atoms with Crippen LogP contribution in [0.2, 0.25) is 0 Å². The fourth-order valence-electron chi connectivity index (χ4n) is 7.37. The van der Waals surface area contributed by atoms with Gasteiger partial charge < -0.3 is 9.80 Å². The molecule has 2 fully saturated rings. The molecule has 0 atom stereocenters. The van der Waals surface area contributed by atoms with E-state index < -0.39 is 0 Å². The summed E-state index contributed by atoms with van der Waals surface area (Å²) in [6.07, 6.45) is 7.21. The molecule has 272 valence electrons. The highest BCUT2D eigenvalue weighted by Crippen LogP contribution is 2.34. The number of piperidine rings is 2. The van der Waals surface area contributed by atoms with Crippen LogP contribution < -0.4 is 9.80 Å². The van der Waals surface area contributed by atoms with E-state index in [4.69, 9.17) is 0 Å². The van der Waals surface area contributed by atoms with Crippen molar-refractivity contribution in [1.29, 1.82) is 10.5 Å². The molecule has 4 nitrogen and oxygen atoms in total. The van der Waals surface area contributed by atoms with E-state index in [1.807, 2.05) is 97.1 Å². The SMILES string of the molecule is N#Cc1c(C#Cc2ccccc2)cc(-c2ccccc2)cc1N1CCCCC1.N#Cc1c(C#Cc2ccccc2)cc(-c2ccccc2)cc1N1CCCCC1. The van der Waals surface area contributed by atoms with E-state index >= 15 is 0 Å². The molecular weight excluding hydrogens is 681 g/mol. The first-order valence-corrected chi connectivity index (χ1v) is 19.6. The molecular formula is C52H44N4. The molecule has 0 radical (unpaired) electrons. The van der Waals surface area contributed by atoms with Crippen LogP contribution in [0, 0.1) is 46.3 Å². The molecule has 0 N–H and O–H groups in total. The molecule has 2 saturated heterocycles. The first kappa shape index (κ1) is 37.3. The molecule has 0 spiro atoms. The number of anilines is 2. The molecule has 6 aromatic carbocycles. The van der Waals surface area contributed by atoms with Crippen LogP contribution >= 0.6 is 0 Å². The summed E-state index contributed by atoms with van der Waals surface area (Å²) in [5.74, 6) is 13.0. The van der Waals surface area contributed by atoms with Crippen molar-refractivity contribution in [2.24, 2.45) is 0 Å². The highest BCUT2D eigenvalue weighted by atomic mass is 15.1. The molecule has 2 heterocycles. The van der Waals surface area contributed by atoms with Crippen molar-refractivity contribution in [3.63, 3.8) is 0 Å². The molecule has 0 bridgehead atoms. The average molecular weight is 725 g/mol. The predicted octanol–water partition coefficient (Wildman–Crippen LogP) is 11.2. The second-order valence-corrected chi connectivity index (χ2v) is 14.1. The van der Waals surface area contributed by atoms with Crippen LogP contribution in [-0.2, 0) is 0 Å². The standard InChI is InChI=1S/2C26H22N2/c2*27-20-25-23(15-14-21-10-4-1-5-11-21)18-24(22-12-6-2-7-13-22)19-26(25)28-16-8-3-9-17-28/h2*1-2,4-7,10-13,18-19H,3,8-9,16-17H2. The molecule has 4 heteroatoms. The molecule has 0 saturated carbocycles. The van der Waals surface area contributed by atoms with Crippen LogP contribution in [0.25, 0.3) is 22.3 Å². The van der Waals surface area contributed by atoms with Gasteiger partial charge in [-0.1, -0.05) is 121 Å². The van der Waals surface area contributed by atoms with Crippen molar-refractivity contribution in [2.75, 3.05) is 36.0 Å². The Kier molecular flexibility index (Phi) is 12.6. The second kappa shape index (κ2) is 18.9. The van der Waals surface area contributed by atoms with E-state index in [0.29, 0.717) is 11.1 Å². The Hall–Kier alpha value is -6.98. The van der Waals surface area contributed by atoms with Crippen molar-refractivity contribution in [1.82, 2.24) is 0 Å². The fourth-order valence-corrected chi connectivity index (χ4v) is 7.37. The quantitative estimate of drug-likeness (QED) is 0.170. The van der Waals surface area contributed by atoms with Crippen LogP contribution in [-0.4, -0.2) is 26.2 Å². The van der Waals surface area contributed by atoms with Gasteiger partial charge in [0, 0.05) is 48.4 Å². The number of benzene rings is 6. The fraction of sp³-hybridized carbons (Fsp3) is 0.192. The largest absolute Gasteiger partial charge is 0.370 e. The molecule has 0 aliphatic carbocycles. The van der Waals surface area contributed by atoms with Crippen molar-refractivity contribution < 1.29 is 0 Å². The average Bonchev–Trinajstić information content (AvgIpc) is 3.29. The summed E-state index contributed by atoms with van der Waals surface area (Å²) in [6.45, 7) is 3.99. The maximum atomic E-state index is 9.94. The summed E-state index contributed by atoms with van der Waals surface area (Å²) in [6, 6.07) is 53.8. The number of nitrogens with zero attached hydrogens (tertiary/aromatic N) is 4. The van der Waals surface area contributed by atoms with Crippen LogP contribution in [0.5, 0.6) is 0 Å². The minimum absolute atomic E-state index is 0.685. The molecule has 0 aromatic heterocycles. The van der Waals surface area contributed by atoms with Gasteiger partial charge in [-0.15, -0.1) is 0 Å². The van der Waals surface area contributed by atoms with Gasteiger partial charge in [0.25, 0.3) is 0 Å². The summed E-state index contributed by atoms with van der Waals surface area (Å²) < 4.78 is 0. The summed E-state index contributed by atoms with van der Waals surface area (Å²) in [7, 11) is 0. The summed E-state index contributed by atoms with van der Waals surface area (Å²) in [5, 5.41) is 19.9. The zero-order chi connectivity index (χ0) is 38.4. The van der Waals surface area contributed by atoms with E-state index in [-0.39, 0.29) is 0 Å². The third kappa shape index (κ3) is 9.38. The molecule has 2 aliphatic heterocycles. The summed E-state index contributed by atoms with van der Waals surface area (Å²) in [5.41, 5.74) is 11.4. The van der Waals surface area contributed by atoms with Crippen molar-refractivity contribution in [2.45, 2.75) is 38.5 Å². The minimum Gasteiger partial charge on any atom is -0.370 e. The van der Waals surface area contributed by atoms with Crippen molar-refractivity contribution in [3.8, 4) is 58.1 Å². The van der Waals surface area contributed by atoms with Gasteiger partial charge in [0.2, 0.25) is 0 Å². The molecule has 6 aromatic rings. The Morgan fingerprint density at radius 1 is 0.357 bits per heavy atom. The number of nitriles is 2. The first-order chi connectivity index (χ1) is 27.7. The normalized spacial score (nSPS) is 13.3. The number of hydrogen-bond donors (Lipinski definition) is 0. The molecule has 0 amide bonds. The lowest BCUT2D eigenvalue weighted by molar-refractivity contribution is 0.577. The van der Waals surface area contributed by atoms with E-state index in [1.54, 1.807) is 0 Å². The van der Waals surface area contributed by atoms with E-state index in [9.17, 15) is 10.5 Å². The summed E-state index contributed by atoms with van der Waals surface area (Å²) >= 11 is 0. The van der Waals surface area contributed by atoms with Gasteiger partial charge in [-0.05, 0) is 109 Å². The second-order valence-electron chi connectivity index (χ2n) is 14.1. The monoisotopic (exact) mass is 724 g/mol. The van der Waals surface area contributed by atoms with Crippen LogP contribution in [0.4, 0.5) is 11.4 Å². The third-order valence-corrected chi connectivity index (χ3v) is 10.3. The Balaban J connectivity index is 0.000000172. The lowest BCUT2D eigenvalue weighted by Gasteiger charge is -2.30. The lowest BCUT2D eigenvalue weighted by Crippen LogP contribution is -2.30. The number of hydrogen-bond acceptors (Lipinski definition) is 4. The Morgan fingerprint density at radius 3 is 1.04 bits per heavy atom. The molecule has 8 rings (SSSR count). The molecule has 2 aliphatic rings. The smallest absolute Gasteiger partial charge is 0.103 e. The minimum atomic E-state index is 0.685. The Labute approximate surface area is 332 Å². The molecule has 56 heavy (non-hydrogen) atoms. The first-order valence-electron chi connectivity index (χ1n) is 19.6. The van der Waals surface area contributed by atoms with Crippen LogP contribution in [0.15, 0.2) is 146 Å². The third-order valence-electron chi connectivity index (χ3n) is 10.3. The molecule has 0 unspecified atom stereocenters. The Bertz CT molecular complexity index is 2270. The van der Waals surface area contributed by atoms with Gasteiger partial charge in [0.15, 0.2) is 0 Å². The van der Waals surface area contributed by atoms with E-state index in [1.165, 1.54) is 38.5 Å². The number of rotatable bonds is 4. The maximum Gasteiger partial charge on any atom is 0.103 e. The van der Waals surface area contributed by atoms with Crippen LogP contribution in [0.1, 0.15) is 71.9 Å². The summed E-state index contributed by atoms with van der Waals surface area (Å²) in [4.78, 5) is 4.70. The van der Waals surface area contributed by atoms with Gasteiger partial charge in [-0.25, -0.2) is 0 Å². The topological polar surface area (TPSA) is 54.1 Å². The predicted molar refractivity (Wildman–Crippen MR) is 230 cm³/mol.